The summed E-state index contributed by atoms with van der Waals surface area (Å²) < 4.78 is 24.0. The zero-order chi connectivity index (χ0) is 20.8. The second-order valence-electron chi connectivity index (χ2n) is 10.3. The zero-order valence-corrected chi connectivity index (χ0v) is 18.6. The summed E-state index contributed by atoms with van der Waals surface area (Å²) in [5.41, 5.74) is 4.18. The van der Waals surface area contributed by atoms with Gasteiger partial charge in [-0.15, -0.1) is 0 Å². The van der Waals surface area contributed by atoms with E-state index in [4.69, 9.17) is 18.6 Å². The molecule has 2 aliphatic heterocycles. The third-order valence-electron chi connectivity index (χ3n) is 8.89. The Morgan fingerprint density at radius 1 is 1.17 bits per heavy atom. The molecule has 30 heavy (non-hydrogen) atoms. The molecular formula is C26H36O4. The predicted octanol–water partition coefficient (Wildman–Crippen LogP) is 6.35. The summed E-state index contributed by atoms with van der Waals surface area (Å²) in [6, 6.07) is 2.00. The van der Waals surface area contributed by atoms with Crippen molar-refractivity contribution in [3.05, 3.63) is 48.0 Å². The van der Waals surface area contributed by atoms with Gasteiger partial charge in [0.2, 0.25) is 0 Å². The first-order chi connectivity index (χ1) is 14.5. The second-order valence-corrected chi connectivity index (χ2v) is 10.3. The maximum atomic E-state index is 6.33. The highest BCUT2D eigenvalue weighted by molar-refractivity contribution is 5.23. The van der Waals surface area contributed by atoms with E-state index in [-0.39, 0.29) is 22.7 Å². The van der Waals surface area contributed by atoms with Crippen molar-refractivity contribution in [1.29, 1.82) is 0 Å². The van der Waals surface area contributed by atoms with Gasteiger partial charge in [-0.3, -0.25) is 0 Å². The summed E-state index contributed by atoms with van der Waals surface area (Å²) in [6.45, 7) is 11.7. The van der Waals surface area contributed by atoms with Crippen LogP contribution in [0.3, 0.4) is 0 Å². The van der Waals surface area contributed by atoms with Crippen LogP contribution in [0.2, 0.25) is 0 Å². The molecule has 0 amide bonds. The van der Waals surface area contributed by atoms with E-state index in [1.807, 2.05) is 6.07 Å². The fourth-order valence-corrected chi connectivity index (χ4v) is 6.91. The van der Waals surface area contributed by atoms with Crippen molar-refractivity contribution in [3.8, 4) is 0 Å². The van der Waals surface area contributed by atoms with Gasteiger partial charge in [0.15, 0.2) is 5.79 Å². The third-order valence-corrected chi connectivity index (χ3v) is 8.89. The molecule has 4 nitrogen and oxygen atoms in total. The van der Waals surface area contributed by atoms with Gasteiger partial charge in [-0.25, -0.2) is 0 Å². The average molecular weight is 413 g/mol. The number of fused-ring (bicyclic) bond motifs is 2. The Labute approximate surface area is 180 Å². The zero-order valence-electron chi connectivity index (χ0n) is 18.6. The lowest BCUT2D eigenvalue weighted by molar-refractivity contribution is -0.286. The van der Waals surface area contributed by atoms with Crippen LogP contribution in [0.4, 0.5) is 0 Å². The molecule has 3 heterocycles. The third kappa shape index (κ3) is 3.14. The monoisotopic (exact) mass is 412 g/mol. The summed E-state index contributed by atoms with van der Waals surface area (Å²) in [7, 11) is 0. The minimum absolute atomic E-state index is 0.0709. The van der Waals surface area contributed by atoms with Crippen LogP contribution < -0.4 is 0 Å². The van der Waals surface area contributed by atoms with E-state index in [1.54, 1.807) is 12.5 Å². The van der Waals surface area contributed by atoms with E-state index in [9.17, 15) is 0 Å². The van der Waals surface area contributed by atoms with Crippen molar-refractivity contribution in [1.82, 2.24) is 0 Å². The van der Waals surface area contributed by atoms with Crippen molar-refractivity contribution in [2.24, 2.45) is 16.7 Å². The van der Waals surface area contributed by atoms with Gasteiger partial charge in [-0.2, -0.15) is 0 Å². The lowest BCUT2D eigenvalue weighted by Crippen LogP contribution is -2.60. The first kappa shape index (κ1) is 20.5. The molecule has 1 spiro atoms. The largest absolute Gasteiger partial charge is 0.472 e. The molecule has 2 saturated carbocycles. The van der Waals surface area contributed by atoms with Crippen molar-refractivity contribution in [2.75, 3.05) is 19.8 Å². The van der Waals surface area contributed by atoms with Gasteiger partial charge >= 0.3 is 0 Å². The number of ether oxygens (including phenoxy) is 3. The maximum absolute atomic E-state index is 6.33. The molecule has 5 rings (SSSR count). The van der Waals surface area contributed by atoms with Crippen LogP contribution in [0.25, 0.3) is 0 Å². The fraction of sp³-hybridized carbons (Fsp3) is 0.692. The van der Waals surface area contributed by atoms with Gasteiger partial charge in [0.1, 0.15) is 0 Å². The van der Waals surface area contributed by atoms with E-state index in [0.29, 0.717) is 5.92 Å². The molecule has 0 N–H and O–H groups in total. The van der Waals surface area contributed by atoms with Gasteiger partial charge in [0.25, 0.3) is 0 Å². The van der Waals surface area contributed by atoms with E-state index in [2.05, 4.69) is 26.5 Å². The summed E-state index contributed by atoms with van der Waals surface area (Å²) in [5.74, 6) is 0.185. The van der Waals surface area contributed by atoms with E-state index in [1.165, 1.54) is 24.0 Å². The highest BCUT2D eigenvalue weighted by atomic mass is 16.7. The molecule has 0 bridgehead atoms. The Hall–Kier alpha value is -1.36. The molecular weight excluding hydrogens is 376 g/mol. The lowest BCUT2D eigenvalue weighted by atomic mass is 9.47. The van der Waals surface area contributed by atoms with Crippen molar-refractivity contribution in [3.63, 3.8) is 0 Å². The number of hydrogen-bond acceptors (Lipinski definition) is 4. The number of furan rings is 1. The average Bonchev–Trinajstić information content (AvgIpc) is 3.45. The fourth-order valence-electron chi connectivity index (χ4n) is 6.91. The lowest BCUT2D eigenvalue weighted by Gasteiger charge is -2.61. The van der Waals surface area contributed by atoms with Crippen LogP contribution in [0, 0.1) is 16.7 Å². The smallest absolute Gasteiger partial charge is 0.174 e. The molecule has 0 unspecified atom stereocenters. The molecule has 2 aliphatic carbocycles. The minimum atomic E-state index is -0.372. The Morgan fingerprint density at radius 2 is 2.00 bits per heavy atom. The molecule has 3 fully saturated rings. The molecule has 1 aromatic rings. The molecule has 4 aliphatic rings. The van der Waals surface area contributed by atoms with Crippen molar-refractivity contribution in [2.45, 2.75) is 77.1 Å². The topological polar surface area (TPSA) is 40.8 Å². The highest BCUT2D eigenvalue weighted by Crippen LogP contribution is 2.65. The highest BCUT2D eigenvalue weighted by Gasteiger charge is 2.63. The number of rotatable bonds is 4. The van der Waals surface area contributed by atoms with Gasteiger partial charge < -0.3 is 18.6 Å². The Morgan fingerprint density at radius 3 is 2.70 bits per heavy atom. The van der Waals surface area contributed by atoms with Crippen LogP contribution in [0.15, 0.2) is 46.8 Å². The predicted molar refractivity (Wildman–Crippen MR) is 116 cm³/mol. The standard InChI is InChI=1S/C26H36O4/c1-19-8-13-25(3)23(5-4-11-26(25)29-15-16-30-26)24(19,2)12-9-20-6-7-22(28-17-20)21-10-14-27-18-21/h6,10,14,18,22-23H,1,4-5,7-9,11-13,15-17H2,2-3H3/t22-,23-,24+,25-/m1/s1. The van der Waals surface area contributed by atoms with Crippen molar-refractivity contribution < 1.29 is 18.6 Å². The molecule has 4 heteroatoms. The minimum Gasteiger partial charge on any atom is -0.472 e. The molecule has 164 valence electrons. The van der Waals surface area contributed by atoms with Gasteiger partial charge in [-0.05, 0) is 67.9 Å². The van der Waals surface area contributed by atoms with Crippen molar-refractivity contribution >= 4 is 0 Å². The van der Waals surface area contributed by atoms with Crippen LogP contribution in [-0.4, -0.2) is 25.6 Å². The summed E-state index contributed by atoms with van der Waals surface area (Å²) >= 11 is 0. The molecule has 4 atom stereocenters. The first-order valence-corrected chi connectivity index (χ1v) is 11.7. The number of hydrogen-bond donors (Lipinski definition) is 0. The summed E-state index contributed by atoms with van der Waals surface area (Å²) in [5, 5.41) is 0. The first-order valence-electron chi connectivity index (χ1n) is 11.7. The Bertz CT molecular complexity index is 803. The summed E-state index contributed by atoms with van der Waals surface area (Å²) in [6.07, 6.45) is 14.9. The normalized spacial score (nSPS) is 38.5. The van der Waals surface area contributed by atoms with Crippen LogP contribution in [0.5, 0.6) is 0 Å². The molecule has 0 aromatic carbocycles. The molecule has 1 saturated heterocycles. The van der Waals surface area contributed by atoms with Gasteiger partial charge in [0, 0.05) is 17.4 Å². The van der Waals surface area contributed by atoms with Crippen LogP contribution in [0.1, 0.15) is 76.9 Å². The quantitative estimate of drug-likeness (QED) is 0.540. The van der Waals surface area contributed by atoms with Crippen LogP contribution >= 0.6 is 0 Å². The van der Waals surface area contributed by atoms with Crippen LogP contribution in [-0.2, 0) is 14.2 Å². The van der Waals surface area contributed by atoms with Gasteiger partial charge in [-0.1, -0.05) is 32.1 Å². The Balaban J connectivity index is 1.31. The van der Waals surface area contributed by atoms with E-state index < -0.39 is 0 Å². The SMILES string of the molecule is C=C1CC[C@]2(C)[C@H](CCCC23OCCO3)[C@@]1(C)CCC1=CC[C@H](c2ccoc2)OC1. The molecule has 0 radical (unpaired) electrons. The second kappa shape index (κ2) is 7.65. The van der Waals surface area contributed by atoms with E-state index >= 15 is 0 Å². The van der Waals surface area contributed by atoms with Gasteiger partial charge in [0.05, 0.1) is 38.5 Å². The maximum Gasteiger partial charge on any atom is 0.174 e. The molecule has 1 aromatic heterocycles. The Kier molecular flexibility index (Phi) is 5.24. The number of allylic oxidation sites excluding steroid dienone is 1. The van der Waals surface area contributed by atoms with E-state index in [0.717, 1.165) is 63.9 Å². The summed E-state index contributed by atoms with van der Waals surface area (Å²) in [4.78, 5) is 0.